The summed E-state index contributed by atoms with van der Waals surface area (Å²) in [4.78, 5) is 27.8. The number of carbonyl (C=O) groups is 2. The van der Waals surface area contributed by atoms with Gasteiger partial charge in [-0.3, -0.25) is 14.6 Å². The van der Waals surface area contributed by atoms with Crippen LogP contribution in [0.5, 0.6) is 0 Å². The maximum absolute atomic E-state index is 12.4. The smallest absolute Gasteiger partial charge is 0.309 e. The molecule has 0 aliphatic carbocycles. The molecule has 2 rings (SSSR count). The Morgan fingerprint density at radius 3 is 2.64 bits per heavy atom. The molecule has 116 valence electrons. The van der Waals surface area contributed by atoms with Gasteiger partial charge in [-0.25, -0.2) is 0 Å². The Morgan fingerprint density at radius 2 is 1.95 bits per heavy atom. The number of nitrogens with zero attached hydrogens (tertiary/aromatic N) is 1. The van der Waals surface area contributed by atoms with Gasteiger partial charge in [0.2, 0.25) is 0 Å². The van der Waals surface area contributed by atoms with Crippen LogP contribution in [0.25, 0.3) is 10.9 Å². The molecule has 0 atom stereocenters. The Balaban J connectivity index is 2.15. The first-order valence-electron chi connectivity index (χ1n) is 7.19. The van der Waals surface area contributed by atoms with Gasteiger partial charge in [0.25, 0.3) is 5.91 Å². The van der Waals surface area contributed by atoms with Gasteiger partial charge in [0.15, 0.2) is 0 Å². The largest absolute Gasteiger partial charge is 0.481 e. The average Bonchev–Trinajstić information content (AvgIpc) is 2.45. The molecule has 22 heavy (non-hydrogen) atoms. The van der Waals surface area contributed by atoms with Crippen LogP contribution in [0, 0.1) is 12.3 Å². The second-order valence-electron chi connectivity index (χ2n) is 6.02. The number of amides is 1. The lowest BCUT2D eigenvalue weighted by atomic mass is 9.89. The Kier molecular flexibility index (Phi) is 4.45. The maximum atomic E-state index is 12.4. The first-order valence-corrected chi connectivity index (χ1v) is 7.19. The molecule has 0 bridgehead atoms. The van der Waals surface area contributed by atoms with Crippen LogP contribution in [-0.2, 0) is 4.79 Å². The average molecular weight is 300 g/mol. The number of hydrogen-bond donors (Lipinski definition) is 2. The van der Waals surface area contributed by atoms with Crippen molar-refractivity contribution in [1.82, 2.24) is 10.3 Å². The van der Waals surface area contributed by atoms with E-state index in [0.29, 0.717) is 18.5 Å². The fourth-order valence-electron chi connectivity index (χ4n) is 2.19. The second kappa shape index (κ2) is 6.13. The summed E-state index contributed by atoms with van der Waals surface area (Å²) in [5.41, 5.74) is 1.26. The number of para-hydroxylation sites is 1. The van der Waals surface area contributed by atoms with Crippen LogP contribution in [-0.4, -0.2) is 28.5 Å². The van der Waals surface area contributed by atoms with Gasteiger partial charge in [-0.2, -0.15) is 0 Å². The zero-order valence-corrected chi connectivity index (χ0v) is 13.0. The van der Waals surface area contributed by atoms with Crippen LogP contribution in [0.4, 0.5) is 0 Å². The molecule has 1 aromatic heterocycles. The third kappa shape index (κ3) is 3.42. The van der Waals surface area contributed by atoms with Crippen molar-refractivity contribution in [2.45, 2.75) is 27.2 Å². The highest BCUT2D eigenvalue weighted by molar-refractivity contribution is 6.06. The molecule has 2 aromatic rings. The summed E-state index contributed by atoms with van der Waals surface area (Å²) in [5, 5.41) is 12.7. The standard InChI is InChI=1S/C17H20N2O3/c1-11-10-13(12-6-4-5-7-14(12)19-11)15(20)18-9-8-17(2,3)16(21)22/h4-7,10H,8-9H2,1-3H3,(H,18,20)(H,21,22). The summed E-state index contributed by atoms with van der Waals surface area (Å²) >= 11 is 0. The zero-order chi connectivity index (χ0) is 16.3. The lowest BCUT2D eigenvalue weighted by Crippen LogP contribution is -2.32. The highest BCUT2D eigenvalue weighted by Crippen LogP contribution is 2.20. The summed E-state index contributed by atoms with van der Waals surface area (Å²) in [7, 11) is 0. The van der Waals surface area contributed by atoms with E-state index in [1.54, 1.807) is 19.9 Å². The monoisotopic (exact) mass is 300 g/mol. The molecule has 0 aliphatic heterocycles. The fraction of sp³-hybridized carbons (Fsp3) is 0.353. The van der Waals surface area contributed by atoms with Crippen molar-refractivity contribution in [1.29, 1.82) is 0 Å². The molecular formula is C17H20N2O3. The summed E-state index contributed by atoms with van der Waals surface area (Å²) in [6.07, 6.45) is 0.371. The fourth-order valence-corrected chi connectivity index (χ4v) is 2.19. The number of carboxylic acid groups (broad SMARTS) is 1. The topological polar surface area (TPSA) is 79.3 Å². The van der Waals surface area contributed by atoms with Gasteiger partial charge in [-0.1, -0.05) is 18.2 Å². The number of aromatic nitrogens is 1. The highest BCUT2D eigenvalue weighted by atomic mass is 16.4. The summed E-state index contributed by atoms with van der Waals surface area (Å²) < 4.78 is 0. The van der Waals surface area contributed by atoms with E-state index in [1.165, 1.54) is 0 Å². The van der Waals surface area contributed by atoms with E-state index in [1.807, 2.05) is 31.2 Å². The van der Waals surface area contributed by atoms with E-state index >= 15 is 0 Å². The molecule has 0 spiro atoms. The number of carbonyl (C=O) groups excluding carboxylic acids is 1. The van der Waals surface area contributed by atoms with E-state index in [4.69, 9.17) is 5.11 Å². The molecule has 5 nitrogen and oxygen atoms in total. The number of fused-ring (bicyclic) bond motifs is 1. The van der Waals surface area contributed by atoms with Crippen LogP contribution in [0.1, 0.15) is 36.3 Å². The predicted octanol–water partition coefficient (Wildman–Crippen LogP) is 2.77. The SMILES string of the molecule is Cc1cc(C(=O)NCCC(C)(C)C(=O)O)c2ccccc2n1. The van der Waals surface area contributed by atoms with Gasteiger partial charge in [0, 0.05) is 17.6 Å². The minimum atomic E-state index is -0.869. The number of rotatable bonds is 5. The van der Waals surface area contributed by atoms with Gasteiger partial charge >= 0.3 is 5.97 Å². The molecule has 0 fully saturated rings. The van der Waals surface area contributed by atoms with Crippen molar-refractivity contribution in [2.75, 3.05) is 6.54 Å². The summed E-state index contributed by atoms with van der Waals surface area (Å²) in [5.74, 6) is -1.07. The van der Waals surface area contributed by atoms with Gasteiger partial charge in [0.1, 0.15) is 0 Å². The van der Waals surface area contributed by atoms with E-state index < -0.39 is 11.4 Å². The molecule has 0 aliphatic rings. The number of benzene rings is 1. The van der Waals surface area contributed by atoms with Gasteiger partial charge in [-0.05, 0) is 39.3 Å². The number of aliphatic carboxylic acids is 1. The molecule has 1 aromatic carbocycles. The van der Waals surface area contributed by atoms with Crippen LogP contribution in [0.3, 0.4) is 0 Å². The van der Waals surface area contributed by atoms with Gasteiger partial charge in [-0.15, -0.1) is 0 Å². The number of aryl methyl sites for hydroxylation is 1. The lowest BCUT2D eigenvalue weighted by molar-refractivity contribution is -0.147. The van der Waals surface area contributed by atoms with Crippen molar-refractivity contribution in [2.24, 2.45) is 5.41 Å². The van der Waals surface area contributed by atoms with E-state index in [2.05, 4.69) is 10.3 Å². The Labute approximate surface area is 129 Å². The molecule has 0 saturated heterocycles. The van der Waals surface area contributed by atoms with E-state index in [9.17, 15) is 9.59 Å². The van der Waals surface area contributed by atoms with Crippen LogP contribution in [0.15, 0.2) is 30.3 Å². The van der Waals surface area contributed by atoms with Crippen LogP contribution < -0.4 is 5.32 Å². The van der Waals surface area contributed by atoms with Crippen molar-refractivity contribution in [3.63, 3.8) is 0 Å². The summed E-state index contributed by atoms with van der Waals surface area (Å²) in [6.45, 7) is 5.45. The molecule has 2 N–H and O–H groups in total. The minimum absolute atomic E-state index is 0.206. The lowest BCUT2D eigenvalue weighted by Gasteiger charge is -2.19. The van der Waals surface area contributed by atoms with Gasteiger partial charge in [0.05, 0.1) is 16.5 Å². The van der Waals surface area contributed by atoms with E-state index in [-0.39, 0.29) is 5.91 Å². The Bertz CT molecular complexity index is 723. The third-order valence-electron chi connectivity index (χ3n) is 3.70. The normalized spacial score (nSPS) is 11.4. The first-order chi connectivity index (χ1) is 10.3. The minimum Gasteiger partial charge on any atom is -0.481 e. The number of nitrogens with one attached hydrogen (secondary N) is 1. The third-order valence-corrected chi connectivity index (χ3v) is 3.70. The first kappa shape index (κ1) is 15.9. The zero-order valence-electron chi connectivity index (χ0n) is 13.0. The van der Waals surface area contributed by atoms with Crippen molar-refractivity contribution in [3.8, 4) is 0 Å². The van der Waals surface area contributed by atoms with Crippen LogP contribution in [0.2, 0.25) is 0 Å². The predicted molar refractivity (Wildman–Crippen MR) is 84.8 cm³/mol. The maximum Gasteiger partial charge on any atom is 0.309 e. The quantitative estimate of drug-likeness (QED) is 0.890. The molecular weight excluding hydrogens is 280 g/mol. The number of pyridine rings is 1. The molecule has 0 radical (unpaired) electrons. The molecule has 5 heteroatoms. The molecule has 1 amide bonds. The molecule has 0 unspecified atom stereocenters. The summed E-state index contributed by atoms with van der Waals surface area (Å²) in [6, 6.07) is 9.22. The van der Waals surface area contributed by atoms with Crippen LogP contribution >= 0.6 is 0 Å². The van der Waals surface area contributed by atoms with E-state index in [0.717, 1.165) is 16.6 Å². The Hall–Kier alpha value is -2.43. The second-order valence-corrected chi connectivity index (χ2v) is 6.02. The van der Waals surface area contributed by atoms with Gasteiger partial charge < -0.3 is 10.4 Å². The van der Waals surface area contributed by atoms with Crippen molar-refractivity contribution < 1.29 is 14.7 Å². The van der Waals surface area contributed by atoms with Crippen molar-refractivity contribution >= 4 is 22.8 Å². The highest BCUT2D eigenvalue weighted by Gasteiger charge is 2.26. The Morgan fingerprint density at radius 1 is 1.27 bits per heavy atom. The van der Waals surface area contributed by atoms with Crippen molar-refractivity contribution in [3.05, 3.63) is 41.6 Å². The molecule has 0 saturated carbocycles. The number of carboxylic acids is 1. The number of hydrogen-bond acceptors (Lipinski definition) is 3. The molecule has 1 heterocycles.